The minimum Gasteiger partial charge on any atom is -0.313 e. The van der Waals surface area contributed by atoms with Crippen LogP contribution in [0.25, 0.3) is 0 Å². The third kappa shape index (κ3) is 17.1. The van der Waals surface area contributed by atoms with Crippen LogP contribution in [0.2, 0.25) is 0 Å². The highest BCUT2D eigenvalue weighted by Crippen LogP contribution is 2.09. The SMILES string of the molecule is CC.CC.CC.CC(C)C.CCCNCc1ccc(C(=O)C(=O)c2ccccc2)cc1. The van der Waals surface area contributed by atoms with Gasteiger partial charge in [-0.2, -0.15) is 0 Å². The molecule has 0 unspecified atom stereocenters. The predicted molar refractivity (Wildman–Crippen MR) is 138 cm³/mol. The van der Waals surface area contributed by atoms with Gasteiger partial charge >= 0.3 is 0 Å². The van der Waals surface area contributed by atoms with Crippen LogP contribution in [0.15, 0.2) is 54.6 Å². The number of carbonyl (C=O) groups excluding carboxylic acids is 2. The summed E-state index contributed by atoms with van der Waals surface area (Å²) in [6, 6.07) is 15.8. The molecule has 2 rings (SSSR count). The lowest BCUT2D eigenvalue weighted by Gasteiger charge is -2.05. The third-order valence-electron chi connectivity index (χ3n) is 3.21. The Hall–Kier alpha value is -2.26. The van der Waals surface area contributed by atoms with E-state index in [0.29, 0.717) is 11.1 Å². The van der Waals surface area contributed by atoms with Gasteiger partial charge < -0.3 is 5.32 Å². The lowest BCUT2D eigenvalue weighted by atomic mass is 10.0. The van der Waals surface area contributed by atoms with E-state index in [1.165, 1.54) is 0 Å². The molecule has 2 aromatic rings. The van der Waals surface area contributed by atoms with E-state index in [1.807, 2.05) is 59.7 Å². The summed E-state index contributed by atoms with van der Waals surface area (Å²) in [6.07, 6.45) is 1.09. The Labute approximate surface area is 192 Å². The third-order valence-corrected chi connectivity index (χ3v) is 3.21. The van der Waals surface area contributed by atoms with Crippen molar-refractivity contribution in [3.05, 3.63) is 71.3 Å². The fraction of sp³-hybridized carbons (Fsp3) is 0.500. The second-order valence-corrected chi connectivity index (χ2v) is 6.63. The Morgan fingerprint density at radius 1 is 0.710 bits per heavy atom. The van der Waals surface area contributed by atoms with Crippen molar-refractivity contribution in [2.24, 2.45) is 5.92 Å². The van der Waals surface area contributed by atoms with Gasteiger partial charge in [-0.05, 0) is 24.4 Å². The van der Waals surface area contributed by atoms with E-state index in [1.54, 1.807) is 36.4 Å². The van der Waals surface area contributed by atoms with Crippen molar-refractivity contribution in [3.63, 3.8) is 0 Å². The standard InChI is InChI=1S/C18H19NO2.C4H10.3C2H6/c1-2-12-19-13-14-8-10-16(11-9-14)18(21)17(20)15-6-4-3-5-7-15;1-4(2)3;3*1-2/h3-11,19H,2,12-13H2,1H3;4H,1-3H3;3*1-2H3. The van der Waals surface area contributed by atoms with Crippen LogP contribution in [0, 0.1) is 5.92 Å². The minimum absolute atomic E-state index is 0.427. The highest BCUT2D eigenvalue weighted by atomic mass is 16.2. The molecule has 31 heavy (non-hydrogen) atoms. The fourth-order valence-electron chi connectivity index (χ4n) is 2.04. The van der Waals surface area contributed by atoms with Crippen molar-refractivity contribution < 1.29 is 9.59 Å². The molecule has 0 aliphatic heterocycles. The molecule has 0 radical (unpaired) electrons. The number of Topliss-reactive ketones (excluding diaryl/α,β-unsaturated/α-hetero) is 2. The largest absolute Gasteiger partial charge is 0.313 e. The molecule has 0 saturated heterocycles. The van der Waals surface area contributed by atoms with Crippen molar-refractivity contribution in [2.45, 2.75) is 82.2 Å². The number of hydrogen-bond donors (Lipinski definition) is 1. The molecule has 0 heterocycles. The highest BCUT2D eigenvalue weighted by molar-refractivity contribution is 6.49. The van der Waals surface area contributed by atoms with Gasteiger partial charge in [0.25, 0.3) is 0 Å². The Kier molecular flexibility index (Phi) is 25.9. The molecule has 0 saturated carbocycles. The molecule has 3 heteroatoms. The van der Waals surface area contributed by atoms with Crippen molar-refractivity contribution in [2.75, 3.05) is 6.54 Å². The summed E-state index contributed by atoms with van der Waals surface area (Å²) in [4.78, 5) is 24.2. The lowest BCUT2D eigenvalue weighted by Crippen LogP contribution is -2.15. The van der Waals surface area contributed by atoms with E-state index in [-0.39, 0.29) is 0 Å². The molecule has 0 aliphatic carbocycles. The normalized spacial score (nSPS) is 8.74. The summed E-state index contributed by atoms with van der Waals surface area (Å²) >= 11 is 0. The number of carbonyl (C=O) groups is 2. The summed E-state index contributed by atoms with van der Waals surface area (Å²) in [7, 11) is 0. The second-order valence-electron chi connectivity index (χ2n) is 6.63. The number of benzene rings is 2. The van der Waals surface area contributed by atoms with Crippen molar-refractivity contribution >= 4 is 11.6 Å². The zero-order chi connectivity index (χ0) is 24.7. The summed E-state index contributed by atoms with van der Waals surface area (Å²) in [5.74, 6) is -0.0956. The van der Waals surface area contributed by atoms with Crippen LogP contribution in [0.1, 0.15) is 102 Å². The van der Waals surface area contributed by atoms with Gasteiger partial charge in [-0.15, -0.1) is 0 Å². The highest BCUT2D eigenvalue weighted by Gasteiger charge is 2.17. The second kappa shape index (κ2) is 24.0. The first-order valence-electron chi connectivity index (χ1n) is 11.9. The average Bonchev–Trinajstić information content (AvgIpc) is 2.83. The molecular formula is C28H47NO2. The smallest absolute Gasteiger partial charge is 0.233 e. The Bertz CT molecular complexity index is 644. The van der Waals surface area contributed by atoms with Crippen LogP contribution < -0.4 is 5.32 Å². The van der Waals surface area contributed by atoms with Gasteiger partial charge in [0.2, 0.25) is 11.6 Å². The Balaban J connectivity index is -0.000000676. The van der Waals surface area contributed by atoms with Gasteiger partial charge in [-0.3, -0.25) is 9.59 Å². The van der Waals surface area contributed by atoms with Crippen molar-refractivity contribution in [1.29, 1.82) is 0 Å². The van der Waals surface area contributed by atoms with E-state index in [0.717, 1.165) is 31.0 Å². The van der Waals surface area contributed by atoms with Crippen molar-refractivity contribution in [1.82, 2.24) is 5.32 Å². The number of rotatable bonds is 7. The van der Waals surface area contributed by atoms with Crippen LogP contribution in [-0.2, 0) is 6.54 Å². The molecule has 0 atom stereocenters. The molecule has 0 fully saturated rings. The van der Waals surface area contributed by atoms with E-state index in [4.69, 9.17) is 0 Å². The van der Waals surface area contributed by atoms with Gasteiger partial charge in [0.05, 0.1) is 0 Å². The molecule has 1 N–H and O–H groups in total. The van der Waals surface area contributed by atoms with Gasteiger partial charge in [-0.1, -0.05) is 124 Å². The van der Waals surface area contributed by atoms with Crippen LogP contribution >= 0.6 is 0 Å². The van der Waals surface area contributed by atoms with Gasteiger partial charge in [-0.25, -0.2) is 0 Å². The summed E-state index contributed by atoms with van der Waals surface area (Å²) < 4.78 is 0. The lowest BCUT2D eigenvalue weighted by molar-refractivity contribution is 0.0817. The summed E-state index contributed by atoms with van der Waals surface area (Å²) in [6.45, 7) is 22.4. The van der Waals surface area contributed by atoms with E-state index in [9.17, 15) is 9.59 Å². The van der Waals surface area contributed by atoms with Gasteiger partial charge in [0, 0.05) is 17.7 Å². The quantitative estimate of drug-likeness (QED) is 0.275. The van der Waals surface area contributed by atoms with Crippen LogP contribution in [-0.4, -0.2) is 18.1 Å². The molecule has 0 aliphatic rings. The maximum atomic E-state index is 12.2. The number of nitrogens with one attached hydrogen (secondary N) is 1. The molecule has 0 spiro atoms. The topological polar surface area (TPSA) is 46.2 Å². The molecule has 0 amide bonds. The van der Waals surface area contributed by atoms with Crippen LogP contribution in [0.4, 0.5) is 0 Å². The Morgan fingerprint density at radius 2 is 1.10 bits per heavy atom. The maximum Gasteiger partial charge on any atom is 0.233 e. The molecule has 0 bridgehead atoms. The molecule has 0 aromatic heterocycles. The van der Waals surface area contributed by atoms with Gasteiger partial charge in [0.15, 0.2) is 0 Å². The first-order chi connectivity index (χ1) is 15.0. The molecular weight excluding hydrogens is 382 g/mol. The van der Waals surface area contributed by atoms with E-state index < -0.39 is 11.6 Å². The van der Waals surface area contributed by atoms with E-state index >= 15 is 0 Å². The molecule has 3 nitrogen and oxygen atoms in total. The number of hydrogen-bond acceptors (Lipinski definition) is 3. The van der Waals surface area contributed by atoms with Gasteiger partial charge in [0.1, 0.15) is 0 Å². The van der Waals surface area contributed by atoms with Crippen LogP contribution in [0.3, 0.4) is 0 Å². The first-order valence-corrected chi connectivity index (χ1v) is 11.9. The van der Waals surface area contributed by atoms with Crippen LogP contribution in [0.5, 0.6) is 0 Å². The fourth-order valence-corrected chi connectivity index (χ4v) is 2.04. The first kappa shape index (κ1) is 33.4. The predicted octanol–water partition coefficient (Wildman–Crippen LogP) is 7.99. The average molecular weight is 430 g/mol. The van der Waals surface area contributed by atoms with E-state index in [2.05, 4.69) is 33.0 Å². The minimum atomic E-state index is -0.465. The monoisotopic (exact) mass is 429 g/mol. The zero-order valence-electron chi connectivity index (χ0n) is 21.7. The molecule has 2 aromatic carbocycles. The molecule has 176 valence electrons. The number of ketones is 2. The maximum absolute atomic E-state index is 12.2. The van der Waals surface area contributed by atoms with Crippen molar-refractivity contribution in [3.8, 4) is 0 Å². The summed E-state index contributed by atoms with van der Waals surface area (Å²) in [5.41, 5.74) is 1.96. The zero-order valence-corrected chi connectivity index (χ0v) is 21.7. The Morgan fingerprint density at radius 3 is 1.48 bits per heavy atom. The summed E-state index contributed by atoms with van der Waals surface area (Å²) in [5, 5.41) is 3.30.